The van der Waals surface area contributed by atoms with Crippen LogP contribution in [0.2, 0.25) is 5.15 Å². The van der Waals surface area contributed by atoms with Crippen LogP contribution in [-0.2, 0) is 0 Å². The number of thioether (sulfide) groups is 1. The molecule has 0 aromatic carbocycles. The number of aromatic nitrogens is 1. The lowest BCUT2D eigenvalue weighted by molar-refractivity contribution is -0.385. The van der Waals surface area contributed by atoms with Gasteiger partial charge < -0.3 is 10.4 Å². The summed E-state index contributed by atoms with van der Waals surface area (Å²) in [5.41, 5.74) is -0.477. The molecule has 1 aromatic rings. The van der Waals surface area contributed by atoms with Crippen LogP contribution in [0.3, 0.4) is 0 Å². The molecule has 0 unspecified atom stereocenters. The predicted molar refractivity (Wildman–Crippen MR) is 77.3 cm³/mol. The quantitative estimate of drug-likeness (QED) is 0.325. The van der Waals surface area contributed by atoms with Crippen LogP contribution in [0.1, 0.15) is 16.8 Å². The number of carbonyl (C=O) groups excluding carboxylic acids is 1. The number of aliphatic hydroxyl groups is 1. The van der Waals surface area contributed by atoms with Gasteiger partial charge in [-0.3, -0.25) is 14.9 Å². The lowest BCUT2D eigenvalue weighted by atomic mass is 10.2. The van der Waals surface area contributed by atoms with Gasteiger partial charge in [0.15, 0.2) is 0 Å². The highest BCUT2D eigenvalue weighted by molar-refractivity contribution is 7.99. The lowest BCUT2D eigenvalue weighted by Gasteiger charge is -2.05. The summed E-state index contributed by atoms with van der Waals surface area (Å²) < 4.78 is 0. The van der Waals surface area contributed by atoms with E-state index in [2.05, 4.69) is 10.3 Å². The van der Waals surface area contributed by atoms with Crippen molar-refractivity contribution >= 4 is 35.0 Å². The van der Waals surface area contributed by atoms with Gasteiger partial charge in [-0.15, -0.1) is 0 Å². The number of aliphatic hydroxyl groups excluding tert-OH is 1. The van der Waals surface area contributed by atoms with Gasteiger partial charge in [0.2, 0.25) is 0 Å². The summed E-state index contributed by atoms with van der Waals surface area (Å²) in [6, 6.07) is 1.17. The average Bonchev–Trinajstić information content (AvgIpc) is 2.42. The Bertz CT molecular complexity index is 487. The number of halogens is 1. The highest BCUT2D eigenvalue weighted by Gasteiger charge is 2.20. The van der Waals surface area contributed by atoms with Crippen molar-refractivity contribution in [2.24, 2.45) is 0 Å². The molecule has 0 saturated carbocycles. The maximum absolute atomic E-state index is 11.9. The molecule has 0 aliphatic carbocycles. The minimum atomic E-state index is -0.672. The number of nitrogens with one attached hydrogen (secondary N) is 1. The van der Waals surface area contributed by atoms with Gasteiger partial charge in [0.25, 0.3) is 11.6 Å². The molecule has 0 bridgehead atoms. The van der Waals surface area contributed by atoms with Crippen molar-refractivity contribution in [3.8, 4) is 0 Å². The monoisotopic (exact) mass is 319 g/mol. The molecule has 0 fully saturated rings. The van der Waals surface area contributed by atoms with Crippen LogP contribution in [0.4, 0.5) is 5.69 Å². The van der Waals surface area contributed by atoms with E-state index in [4.69, 9.17) is 16.7 Å². The molecule has 0 radical (unpaired) electrons. The Morgan fingerprint density at radius 2 is 2.30 bits per heavy atom. The van der Waals surface area contributed by atoms with Crippen LogP contribution in [0.15, 0.2) is 12.3 Å². The third kappa shape index (κ3) is 5.32. The molecule has 0 saturated heterocycles. The van der Waals surface area contributed by atoms with E-state index in [-0.39, 0.29) is 23.0 Å². The number of carbonyl (C=O) groups is 1. The molecule has 0 aliphatic heterocycles. The second kappa shape index (κ2) is 8.72. The van der Waals surface area contributed by atoms with E-state index in [0.29, 0.717) is 18.7 Å². The zero-order chi connectivity index (χ0) is 15.0. The standard InChI is InChI=1S/C11H14ClN3O4S/c12-10-6-8(9(7-14-10)15(18)19)11(17)13-2-5-20-4-1-3-16/h6-7,16H,1-5H2,(H,13,17). The molecule has 7 nitrogen and oxygen atoms in total. The highest BCUT2D eigenvalue weighted by Crippen LogP contribution is 2.20. The van der Waals surface area contributed by atoms with Crippen molar-refractivity contribution in [1.29, 1.82) is 0 Å². The molecule has 110 valence electrons. The van der Waals surface area contributed by atoms with Gasteiger partial charge in [-0.1, -0.05) is 11.6 Å². The van der Waals surface area contributed by atoms with E-state index in [1.165, 1.54) is 6.07 Å². The maximum Gasteiger partial charge on any atom is 0.300 e. The SMILES string of the molecule is O=C(NCCSCCCO)c1cc(Cl)ncc1[N+](=O)[O-]. The van der Waals surface area contributed by atoms with Crippen molar-refractivity contribution in [2.45, 2.75) is 6.42 Å². The van der Waals surface area contributed by atoms with Gasteiger partial charge in [-0.25, -0.2) is 4.98 Å². The molecule has 1 rings (SSSR count). The minimum absolute atomic E-state index is 0.0260. The Hall–Kier alpha value is -1.38. The minimum Gasteiger partial charge on any atom is -0.396 e. The molecule has 1 amide bonds. The topological polar surface area (TPSA) is 105 Å². The summed E-state index contributed by atoms with van der Waals surface area (Å²) in [7, 11) is 0. The van der Waals surface area contributed by atoms with Gasteiger partial charge in [-0.05, 0) is 18.2 Å². The van der Waals surface area contributed by atoms with Crippen molar-refractivity contribution < 1.29 is 14.8 Å². The second-order valence-corrected chi connectivity index (χ2v) is 5.34. The molecule has 9 heteroatoms. The second-order valence-electron chi connectivity index (χ2n) is 3.73. The normalized spacial score (nSPS) is 10.3. The van der Waals surface area contributed by atoms with Crippen LogP contribution in [0, 0.1) is 10.1 Å². The van der Waals surface area contributed by atoms with Crippen molar-refractivity contribution in [3.63, 3.8) is 0 Å². The molecule has 2 N–H and O–H groups in total. The Morgan fingerprint density at radius 1 is 1.55 bits per heavy atom. The van der Waals surface area contributed by atoms with E-state index in [1.54, 1.807) is 11.8 Å². The zero-order valence-corrected chi connectivity index (χ0v) is 12.1. The first-order valence-electron chi connectivity index (χ1n) is 5.83. The fourth-order valence-electron chi connectivity index (χ4n) is 1.35. The number of rotatable bonds is 8. The summed E-state index contributed by atoms with van der Waals surface area (Å²) in [4.78, 5) is 25.6. The number of hydrogen-bond donors (Lipinski definition) is 2. The molecule has 0 atom stereocenters. The molecule has 0 aliphatic rings. The van der Waals surface area contributed by atoms with Gasteiger partial charge in [0.1, 0.15) is 16.9 Å². The van der Waals surface area contributed by atoms with Crippen molar-refractivity contribution in [3.05, 3.63) is 33.1 Å². The number of nitro groups is 1. The molecular formula is C11H14ClN3O4S. The third-order valence-corrected chi connectivity index (χ3v) is 3.55. The van der Waals surface area contributed by atoms with E-state index in [1.807, 2.05) is 0 Å². The van der Waals surface area contributed by atoms with E-state index in [9.17, 15) is 14.9 Å². The fraction of sp³-hybridized carbons (Fsp3) is 0.455. The zero-order valence-electron chi connectivity index (χ0n) is 10.5. The lowest BCUT2D eigenvalue weighted by Crippen LogP contribution is -2.26. The molecule has 0 spiro atoms. The molecule has 1 aromatic heterocycles. The smallest absolute Gasteiger partial charge is 0.300 e. The average molecular weight is 320 g/mol. The number of nitrogens with zero attached hydrogens (tertiary/aromatic N) is 2. The first kappa shape index (κ1) is 16.7. The summed E-state index contributed by atoms with van der Waals surface area (Å²) in [6.07, 6.45) is 1.66. The Labute approximate surface area is 124 Å². The van der Waals surface area contributed by atoms with Gasteiger partial charge >= 0.3 is 0 Å². The van der Waals surface area contributed by atoms with Crippen LogP contribution < -0.4 is 5.32 Å². The summed E-state index contributed by atoms with van der Waals surface area (Å²) in [5, 5.41) is 22.0. The molecule has 1 heterocycles. The van der Waals surface area contributed by atoms with Crippen molar-refractivity contribution in [2.75, 3.05) is 24.7 Å². The summed E-state index contributed by atoms with van der Waals surface area (Å²) in [5.74, 6) is 0.912. The first-order valence-corrected chi connectivity index (χ1v) is 7.36. The van der Waals surface area contributed by atoms with Crippen molar-refractivity contribution in [1.82, 2.24) is 10.3 Å². The Kier molecular flexibility index (Phi) is 7.27. The largest absolute Gasteiger partial charge is 0.396 e. The first-order chi connectivity index (χ1) is 9.56. The summed E-state index contributed by atoms with van der Waals surface area (Å²) in [6.45, 7) is 0.521. The third-order valence-electron chi connectivity index (χ3n) is 2.27. The maximum atomic E-state index is 11.9. The number of amides is 1. The van der Waals surface area contributed by atoms with E-state index in [0.717, 1.165) is 11.9 Å². The van der Waals surface area contributed by atoms with Gasteiger partial charge in [0, 0.05) is 18.9 Å². The molecular weight excluding hydrogens is 306 g/mol. The van der Waals surface area contributed by atoms with Gasteiger partial charge in [0.05, 0.1) is 4.92 Å². The Morgan fingerprint density at radius 3 is 2.95 bits per heavy atom. The van der Waals surface area contributed by atoms with Crippen LogP contribution in [0.5, 0.6) is 0 Å². The highest BCUT2D eigenvalue weighted by atomic mass is 35.5. The molecule has 20 heavy (non-hydrogen) atoms. The fourth-order valence-corrected chi connectivity index (χ4v) is 2.29. The van der Waals surface area contributed by atoms with Crippen LogP contribution in [0.25, 0.3) is 0 Å². The van der Waals surface area contributed by atoms with Crippen LogP contribution >= 0.6 is 23.4 Å². The van der Waals surface area contributed by atoms with E-state index < -0.39 is 10.8 Å². The predicted octanol–water partition coefficient (Wildman–Crippen LogP) is 1.49. The van der Waals surface area contributed by atoms with E-state index >= 15 is 0 Å². The number of pyridine rings is 1. The summed E-state index contributed by atoms with van der Waals surface area (Å²) >= 11 is 7.22. The number of hydrogen-bond acceptors (Lipinski definition) is 6. The Balaban J connectivity index is 2.54. The van der Waals surface area contributed by atoms with Gasteiger partial charge in [-0.2, -0.15) is 11.8 Å². The van der Waals surface area contributed by atoms with Crippen LogP contribution in [-0.4, -0.2) is 45.6 Å².